The van der Waals surface area contributed by atoms with Crippen molar-refractivity contribution in [2.75, 3.05) is 0 Å². The topological polar surface area (TPSA) is 42.2 Å². The fraction of sp³-hybridized carbons (Fsp3) is 0.615. The first-order valence-corrected chi connectivity index (χ1v) is 5.96. The van der Waals surface area contributed by atoms with E-state index in [4.69, 9.17) is 0 Å². The Balaban J connectivity index is 3.28. The van der Waals surface area contributed by atoms with Gasteiger partial charge in [-0.15, -0.1) is 0 Å². The molecule has 1 aromatic rings. The van der Waals surface area contributed by atoms with Crippen molar-refractivity contribution in [3.05, 3.63) is 23.5 Å². The molecule has 0 radical (unpaired) electrons. The molecule has 0 aliphatic heterocycles. The molecule has 0 aromatic carbocycles. The van der Waals surface area contributed by atoms with Crippen molar-refractivity contribution in [1.82, 2.24) is 4.57 Å². The van der Waals surface area contributed by atoms with Gasteiger partial charge in [-0.25, -0.2) is 4.79 Å². The highest BCUT2D eigenvalue weighted by Crippen LogP contribution is 2.29. The van der Waals surface area contributed by atoms with Gasteiger partial charge >= 0.3 is 5.97 Å². The van der Waals surface area contributed by atoms with E-state index in [0.29, 0.717) is 17.5 Å². The van der Waals surface area contributed by atoms with Gasteiger partial charge in [0.1, 0.15) is 0 Å². The summed E-state index contributed by atoms with van der Waals surface area (Å²) in [6, 6.07) is 2.03. The van der Waals surface area contributed by atoms with Gasteiger partial charge in [0.2, 0.25) is 0 Å². The Morgan fingerprint density at radius 1 is 1.38 bits per heavy atom. The first kappa shape index (κ1) is 12.8. The molecule has 0 saturated heterocycles. The number of rotatable bonds is 5. The Morgan fingerprint density at radius 2 is 1.94 bits per heavy atom. The van der Waals surface area contributed by atoms with Crippen LogP contribution < -0.4 is 0 Å². The monoisotopic (exact) mass is 223 g/mol. The minimum Gasteiger partial charge on any atom is -0.478 e. The van der Waals surface area contributed by atoms with Gasteiger partial charge in [-0.3, -0.25) is 0 Å². The Kier molecular flexibility index (Phi) is 4.16. The van der Waals surface area contributed by atoms with Crippen LogP contribution in [-0.2, 0) is 0 Å². The number of carbonyl (C=O) groups is 1. The number of aromatic carboxylic acids is 1. The molecule has 1 heterocycles. The maximum absolute atomic E-state index is 11.2. The summed E-state index contributed by atoms with van der Waals surface area (Å²) >= 11 is 0. The van der Waals surface area contributed by atoms with E-state index in [2.05, 4.69) is 32.3 Å². The van der Waals surface area contributed by atoms with Crippen LogP contribution in [0, 0.1) is 0 Å². The molecule has 0 aliphatic rings. The molecule has 0 bridgehead atoms. The first-order chi connectivity index (χ1) is 7.52. The van der Waals surface area contributed by atoms with Crippen LogP contribution in [0.1, 0.15) is 68.5 Å². The number of aromatic nitrogens is 1. The lowest BCUT2D eigenvalue weighted by atomic mass is 9.96. The van der Waals surface area contributed by atoms with Crippen LogP contribution in [-0.4, -0.2) is 15.6 Å². The summed E-state index contributed by atoms with van der Waals surface area (Å²) in [5, 5.41) is 9.19. The molecule has 0 spiro atoms. The maximum Gasteiger partial charge on any atom is 0.337 e. The van der Waals surface area contributed by atoms with Crippen LogP contribution in [0.5, 0.6) is 0 Å². The van der Waals surface area contributed by atoms with Crippen LogP contribution in [0.2, 0.25) is 0 Å². The van der Waals surface area contributed by atoms with Gasteiger partial charge in [-0.1, -0.05) is 13.8 Å². The third-order valence-electron chi connectivity index (χ3n) is 3.11. The predicted molar refractivity (Wildman–Crippen MR) is 65.1 cm³/mol. The minimum absolute atomic E-state index is 0.309. The first-order valence-electron chi connectivity index (χ1n) is 5.96. The summed E-state index contributed by atoms with van der Waals surface area (Å²) < 4.78 is 2.08. The third-order valence-corrected chi connectivity index (χ3v) is 3.11. The van der Waals surface area contributed by atoms with Gasteiger partial charge in [0.05, 0.1) is 5.56 Å². The number of hydrogen-bond donors (Lipinski definition) is 1. The smallest absolute Gasteiger partial charge is 0.337 e. The highest BCUT2D eigenvalue weighted by Gasteiger charge is 2.21. The van der Waals surface area contributed by atoms with E-state index in [1.807, 2.05) is 6.20 Å². The van der Waals surface area contributed by atoms with Crippen molar-refractivity contribution in [2.24, 2.45) is 0 Å². The molecule has 0 atom stereocenters. The summed E-state index contributed by atoms with van der Waals surface area (Å²) in [7, 11) is 0. The standard InChI is InChI=1S/C13H21NO2/c1-5-10(6-2)12-11(13(15)16)7-8-14(12)9(3)4/h7-10H,5-6H2,1-4H3,(H,15,16). The molecule has 90 valence electrons. The number of carboxylic acids is 1. The lowest BCUT2D eigenvalue weighted by Gasteiger charge is -2.20. The molecule has 0 unspecified atom stereocenters. The Bertz CT molecular complexity index is 362. The molecule has 16 heavy (non-hydrogen) atoms. The minimum atomic E-state index is -0.818. The zero-order valence-electron chi connectivity index (χ0n) is 10.5. The van der Waals surface area contributed by atoms with Gasteiger partial charge in [-0.05, 0) is 38.7 Å². The molecular formula is C13H21NO2. The quantitative estimate of drug-likeness (QED) is 0.827. The molecule has 0 aliphatic carbocycles. The van der Waals surface area contributed by atoms with Gasteiger partial charge in [0, 0.05) is 17.9 Å². The molecule has 1 aromatic heterocycles. The molecule has 0 fully saturated rings. The zero-order valence-corrected chi connectivity index (χ0v) is 10.5. The average Bonchev–Trinajstić information content (AvgIpc) is 2.64. The second-order valence-corrected chi connectivity index (χ2v) is 4.43. The predicted octanol–water partition coefficient (Wildman–Crippen LogP) is 3.67. The molecule has 3 heteroatoms. The van der Waals surface area contributed by atoms with E-state index in [1.165, 1.54) is 0 Å². The Hall–Kier alpha value is -1.25. The molecular weight excluding hydrogens is 202 g/mol. The fourth-order valence-electron chi connectivity index (χ4n) is 2.20. The lowest BCUT2D eigenvalue weighted by molar-refractivity contribution is 0.0694. The number of hydrogen-bond acceptors (Lipinski definition) is 1. The van der Waals surface area contributed by atoms with Crippen LogP contribution in [0.15, 0.2) is 12.3 Å². The van der Waals surface area contributed by atoms with Crippen molar-refractivity contribution < 1.29 is 9.90 Å². The van der Waals surface area contributed by atoms with Gasteiger partial charge < -0.3 is 9.67 Å². The maximum atomic E-state index is 11.2. The van der Waals surface area contributed by atoms with Gasteiger partial charge in [0.15, 0.2) is 0 Å². The van der Waals surface area contributed by atoms with Crippen molar-refractivity contribution in [2.45, 2.75) is 52.5 Å². The summed E-state index contributed by atoms with van der Waals surface area (Å²) in [6.07, 6.45) is 3.85. The largest absolute Gasteiger partial charge is 0.478 e. The molecule has 1 N–H and O–H groups in total. The lowest BCUT2D eigenvalue weighted by Crippen LogP contribution is -2.12. The van der Waals surface area contributed by atoms with Crippen LogP contribution in [0.4, 0.5) is 0 Å². The third kappa shape index (κ3) is 2.29. The molecule has 0 amide bonds. The van der Waals surface area contributed by atoms with Gasteiger partial charge in [-0.2, -0.15) is 0 Å². The van der Waals surface area contributed by atoms with Gasteiger partial charge in [0.25, 0.3) is 0 Å². The summed E-state index contributed by atoms with van der Waals surface area (Å²) in [6.45, 7) is 8.38. The summed E-state index contributed by atoms with van der Waals surface area (Å²) in [4.78, 5) is 11.2. The molecule has 3 nitrogen and oxygen atoms in total. The van der Waals surface area contributed by atoms with E-state index in [0.717, 1.165) is 18.5 Å². The zero-order chi connectivity index (χ0) is 12.3. The van der Waals surface area contributed by atoms with Crippen molar-refractivity contribution in [3.8, 4) is 0 Å². The second-order valence-electron chi connectivity index (χ2n) is 4.43. The van der Waals surface area contributed by atoms with Crippen molar-refractivity contribution in [3.63, 3.8) is 0 Å². The van der Waals surface area contributed by atoms with E-state index in [9.17, 15) is 9.90 Å². The van der Waals surface area contributed by atoms with Crippen LogP contribution in [0.25, 0.3) is 0 Å². The molecule has 1 rings (SSSR count). The van der Waals surface area contributed by atoms with E-state index in [-0.39, 0.29) is 0 Å². The van der Waals surface area contributed by atoms with E-state index in [1.54, 1.807) is 6.07 Å². The fourth-order valence-corrected chi connectivity index (χ4v) is 2.20. The van der Waals surface area contributed by atoms with Crippen LogP contribution in [0.3, 0.4) is 0 Å². The normalized spacial score (nSPS) is 11.4. The van der Waals surface area contributed by atoms with Crippen LogP contribution >= 0.6 is 0 Å². The van der Waals surface area contributed by atoms with Crippen molar-refractivity contribution in [1.29, 1.82) is 0 Å². The average molecular weight is 223 g/mol. The highest BCUT2D eigenvalue weighted by molar-refractivity contribution is 5.89. The Morgan fingerprint density at radius 3 is 2.31 bits per heavy atom. The SMILES string of the molecule is CCC(CC)c1c(C(=O)O)ccn1C(C)C. The molecule has 0 saturated carbocycles. The summed E-state index contributed by atoms with van der Waals surface area (Å²) in [5.41, 5.74) is 1.44. The van der Waals surface area contributed by atoms with Crippen molar-refractivity contribution >= 4 is 5.97 Å². The number of carboxylic acid groups (broad SMARTS) is 1. The number of nitrogens with zero attached hydrogens (tertiary/aromatic N) is 1. The van der Waals surface area contributed by atoms with E-state index < -0.39 is 5.97 Å². The summed E-state index contributed by atoms with van der Waals surface area (Å²) in [5.74, 6) is -0.482. The van der Waals surface area contributed by atoms with E-state index >= 15 is 0 Å². The second kappa shape index (κ2) is 5.19. The Labute approximate surface area is 97.1 Å². The highest BCUT2D eigenvalue weighted by atomic mass is 16.4.